The molecule has 0 spiro atoms. The van der Waals surface area contributed by atoms with Crippen molar-refractivity contribution in [2.45, 2.75) is 5.41 Å². The van der Waals surface area contributed by atoms with Crippen LogP contribution < -0.4 is 0 Å². The van der Waals surface area contributed by atoms with Crippen molar-refractivity contribution in [1.82, 2.24) is 20.4 Å². The number of rotatable bonds is 8. The molecule has 2 heterocycles. The van der Waals surface area contributed by atoms with E-state index in [4.69, 9.17) is 8.83 Å². The van der Waals surface area contributed by atoms with E-state index < -0.39 is 5.41 Å². The molecule has 0 amide bonds. The maximum Gasteiger partial charge on any atom is 0.248 e. The summed E-state index contributed by atoms with van der Waals surface area (Å²) in [6.07, 6.45) is 0. The number of hydrogen-bond donors (Lipinski definition) is 0. The van der Waals surface area contributed by atoms with Gasteiger partial charge in [-0.05, 0) is 70.8 Å². The van der Waals surface area contributed by atoms with Crippen LogP contribution in [-0.4, -0.2) is 20.4 Å². The molecule has 0 atom stereocenters. The van der Waals surface area contributed by atoms with Crippen LogP contribution in [0, 0.1) is 0 Å². The third-order valence-electron chi connectivity index (χ3n) is 8.43. The molecule has 2 aromatic heterocycles. The summed E-state index contributed by atoms with van der Waals surface area (Å²) < 4.78 is 12.2. The van der Waals surface area contributed by atoms with Crippen LogP contribution in [0.5, 0.6) is 0 Å². The molecule has 0 saturated carbocycles. The van der Waals surface area contributed by atoms with E-state index in [1.54, 1.807) is 0 Å². The third-order valence-corrected chi connectivity index (χ3v) is 8.43. The van der Waals surface area contributed by atoms with E-state index in [2.05, 4.69) is 117 Å². The van der Waals surface area contributed by atoms with Gasteiger partial charge in [0.1, 0.15) is 0 Å². The second kappa shape index (κ2) is 12.2. The summed E-state index contributed by atoms with van der Waals surface area (Å²) >= 11 is 0. The normalized spacial score (nSPS) is 11.4. The molecule has 0 aliphatic carbocycles. The Hall–Kier alpha value is -6.40. The Balaban J connectivity index is 1.23. The first-order chi connectivity index (χ1) is 23.3. The largest absolute Gasteiger partial charge is 0.416 e. The molecular formula is C41H28N4O2. The van der Waals surface area contributed by atoms with E-state index in [0.717, 1.165) is 44.5 Å². The summed E-state index contributed by atoms with van der Waals surface area (Å²) in [7, 11) is 0. The molecule has 8 aromatic rings. The maximum absolute atomic E-state index is 6.08. The van der Waals surface area contributed by atoms with E-state index in [0.29, 0.717) is 23.6 Å². The maximum atomic E-state index is 6.08. The average Bonchev–Trinajstić information content (AvgIpc) is 3.86. The van der Waals surface area contributed by atoms with E-state index >= 15 is 0 Å². The second-order valence-corrected chi connectivity index (χ2v) is 11.2. The highest BCUT2D eigenvalue weighted by Crippen LogP contribution is 2.46. The fraction of sp³-hybridized carbons (Fsp3) is 0.0244. The minimum Gasteiger partial charge on any atom is -0.416 e. The van der Waals surface area contributed by atoms with Gasteiger partial charge in [-0.25, -0.2) is 0 Å². The van der Waals surface area contributed by atoms with Crippen LogP contribution in [0.25, 0.3) is 45.8 Å². The van der Waals surface area contributed by atoms with Crippen LogP contribution >= 0.6 is 0 Å². The van der Waals surface area contributed by atoms with Crippen molar-refractivity contribution in [3.8, 4) is 45.8 Å². The topological polar surface area (TPSA) is 77.8 Å². The van der Waals surface area contributed by atoms with Crippen molar-refractivity contribution >= 4 is 0 Å². The van der Waals surface area contributed by atoms with Crippen LogP contribution in [-0.2, 0) is 5.41 Å². The number of nitrogens with zero attached hydrogens (tertiary/aromatic N) is 4. The van der Waals surface area contributed by atoms with Gasteiger partial charge >= 0.3 is 0 Å². The van der Waals surface area contributed by atoms with E-state index in [1.807, 2.05) is 72.8 Å². The number of hydrogen-bond acceptors (Lipinski definition) is 6. The van der Waals surface area contributed by atoms with Gasteiger partial charge in [-0.15, -0.1) is 20.4 Å². The zero-order chi connectivity index (χ0) is 31.5. The number of benzene rings is 6. The molecule has 0 saturated heterocycles. The van der Waals surface area contributed by atoms with Gasteiger partial charge in [-0.2, -0.15) is 0 Å². The molecule has 6 aromatic carbocycles. The van der Waals surface area contributed by atoms with Gasteiger partial charge < -0.3 is 8.83 Å². The molecule has 8 rings (SSSR count). The van der Waals surface area contributed by atoms with Crippen LogP contribution in [0.4, 0.5) is 0 Å². The number of aromatic nitrogens is 4. The first kappa shape index (κ1) is 28.1. The molecular weight excluding hydrogens is 580 g/mol. The second-order valence-electron chi connectivity index (χ2n) is 11.2. The Morgan fingerprint density at radius 2 is 0.532 bits per heavy atom. The summed E-state index contributed by atoms with van der Waals surface area (Å²) in [6, 6.07) is 57.6. The predicted molar refractivity (Wildman–Crippen MR) is 182 cm³/mol. The van der Waals surface area contributed by atoms with Crippen LogP contribution in [0.3, 0.4) is 0 Å². The molecule has 0 bridgehead atoms. The van der Waals surface area contributed by atoms with Gasteiger partial charge in [0.2, 0.25) is 23.6 Å². The van der Waals surface area contributed by atoms with Crippen molar-refractivity contribution in [2.75, 3.05) is 0 Å². The summed E-state index contributed by atoms with van der Waals surface area (Å²) in [6.45, 7) is 0. The minimum atomic E-state index is -0.631. The smallest absolute Gasteiger partial charge is 0.248 e. The summed E-state index contributed by atoms with van der Waals surface area (Å²) in [5.74, 6) is 1.92. The standard InChI is InChI=1S/C41H28N4O2/c1-5-13-29(14-6-1)37-42-44-39(46-37)31-21-25-35(26-22-31)41(33-17-9-3-10-18-33,34-19-11-4-12-20-34)36-27-23-32(24-28-36)40-45-43-38(47-40)30-15-7-2-8-16-30/h1-28H. The predicted octanol–water partition coefficient (Wildman–Crippen LogP) is 9.50. The van der Waals surface area contributed by atoms with Crippen molar-refractivity contribution in [1.29, 1.82) is 0 Å². The first-order valence-electron chi connectivity index (χ1n) is 15.4. The van der Waals surface area contributed by atoms with Crippen LogP contribution in [0.2, 0.25) is 0 Å². The highest BCUT2D eigenvalue weighted by Gasteiger charge is 2.38. The summed E-state index contributed by atoms with van der Waals surface area (Å²) in [4.78, 5) is 0. The van der Waals surface area contributed by atoms with E-state index in [-0.39, 0.29) is 0 Å². The fourth-order valence-corrected chi connectivity index (χ4v) is 6.18. The van der Waals surface area contributed by atoms with Crippen molar-refractivity contribution < 1.29 is 8.83 Å². The van der Waals surface area contributed by atoms with Gasteiger partial charge in [0.25, 0.3) is 0 Å². The molecule has 6 heteroatoms. The Bertz CT molecular complexity index is 2050. The molecule has 0 aliphatic rings. The lowest BCUT2D eigenvalue weighted by Gasteiger charge is -2.37. The fourth-order valence-electron chi connectivity index (χ4n) is 6.18. The third kappa shape index (κ3) is 5.22. The molecule has 47 heavy (non-hydrogen) atoms. The molecule has 0 radical (unpaired) electrons. The van der Waals surface area contributed by atoms with Gasteiger partial charge in [-0.3, -0.25) is 0 Å². The monoisotopic (exact) mass is 608 g/mol. The van der Waals surface area contributed by atoms with E-state index in [9.17, 15) is 0 Å². The van der Waals surface area contributed by atoms with E-state index in [1.165, 1.54) is 0 Å². The molecule has 0 N–H and O–H groups in total. The molecule has 6 nitrogen and oxygen atoms in total. The quantitative estimate of drug-likeness (QED) is 0.160. The van der Waals surface area contributed by atoms with Gasteiger partial charge in [0.15, 0.2) is 0 Å². The highest BCUT2D eigenvalue weighted by atomic mass is 16.4. The Morgan fingerprint density at radius 3 is 0.851 bits per heavy atom. The first-order valence-corrected chi connectivity index (χ1v) is 15.4. The lowest BCUT2D eigenvalue weighted by molar-refractivity contribution is 0.584. The van der Waals surface area contributed by atoms with Crippen molar-refractivity contribution in [2.24, 2.45) is 0 Å². The van der Waals surface area contributed by atoms with Gasteiger partial charge in [-0.1, -0.05) is 121 Å². The molecule has 0 unspecified atom stereocenters. The molecule has 0 fully saturated rings. The SMILES string of the molecule is c1ccc(-c2nnc(-c3ccc(C(c4ccccc4)(c4ccccc4)c4ccc(-c5nnc(-c6ccccc6)o5)cc4)cc3)o2)cc1. The van der Waals surface area contributed by atoms with Gasteiger partial charge in [0.05, 0.1) is 5.41 Å². The zero-order valence-electron chi connectivity index (χ0n) is 25.3. The molecule has 224 valence electrons. The van der Waals surface area contributed by atoms with Crippen LogP contribution in [0.1, 0.15) is 22.3 Å². The Kier molecular flexibility index (Phi) is 7.28. The van der Waals surface area contributed by atoms with Crippen molar-refractivity contribution in [3.63, 3.8) is 0 Å². The summed E-state index contributed by atoms with van der Waals surface area (Å²) in [5.41, 5.74) is 7.30. The summed E-state index contributed by atoms with van der Waals surface area (Å²) in [5, 5.41) is 17.3. The Labute approximate surface area is 272 Å². The van der Waals surface area contributed by atoms with Crippen molar-refractivity contribution in [3.05, 3.63) is 192 Å². The van der Waals surface area contributed by atoms with Gasteiger partial charge in [0, 0.05) is 22.3 Å². The lowest BCUT2D eigenvalue weighted by Crippen LogP contribution is -2.31. The molecule has 0 aliphatic heterocycles. The highest BCUT2D eigenvalue weighted by molar-refractivity contribution is 5.65. The zero-order valence-corrected chi connectivity index (χ0v) is 25.3. The average molecular weight is 609 g/mol. The minimum absolute atomic E-state index is 0.471. The Morgan fingerprint density at radius 1 is 0.277 bits per heavy atom. The van der Waals surface area contributed by atoms with Crippen LogP contribution in [0.15, 0.2) is 179 Å². The lowest BCUT2D eigenvalue weighted by atomic mass is 9.65.